The van der Waals surface area contributed by atoms with Gasteiger partial charge in [0.05, 0.1) is 19.4 Å². The fourth-order valence-corrected chi connectivity index (χ4v) is 3.61. The Kier molecular flexibility index (Phi) is 7.28. The molecule has 0 amide bonds. The minimum atomic E-state index is -3.17. The molecule has 0 fully saturated rings. The highest BCUT2D eigenvalue weighted by atomic mass is 35.5. The molecular formula is C12H17Cl2O3P. The summed E-state index contributed by atoms with van der Waals surface area (Å²) in [5.41, 5.74) is 2.01. The summed E-state index contributed by atoms with van der Waals surface area (Å²) in [4.78, 5) is 0. The molecule has 0 bridgehead atoms. The SMILES string of the molecule is Cc1ccccc1CP(=O)(OCCCl)OCCCl. The Morgan fingerprint density at radius 1 is 1.11 bits per heavy atom. The molecule has 6 heteroatoms. The molecule has 18 heavy (non-hydrogen) atoms. The molecule has 0 unspecified atom stereocenters. The minimum absolute atomic E-state index is 0.201. The van der Waals surface area contributed by atoms with E-state index >= 15 is 0 Å². The van der Waals surface area contributed by atoms with Gasteiger partial charge in [0.25, 0.3) is 0 Å². The first-order valence-electron chi connectivity index (χ1n) is 5.66. The summed E-state index contributed by atoms with van der Waals surface area (Å²) in [7, 11) is -3.17. The molecule has 3 nitrogen and oxygen atoms in total. The predicted molar refractivity (Wildman–Crippen MR) is 75.8 cm³/mol. The Labute approximate surface area is 118 Å². The van der Waals surface area contributed by atoms with E-state index in [4.69, 9.17) is 32.2 Å². The van der Waals surface area contributed by atoms with Crippen molar-refractivity contribution in [3.8, 4) is 0 Å². The van der Waals surface area contributed by atoms with Crippen molar-refractivity contribution in [2.75, 3.05) is 25.0 Å². The van der Waals surface area contributed by atoms with Crippen molar-refractivity contribution < 1.29 is 13.6 Å². The first kappa shape index (κ1) is 16.0. The summed E-state index contributed by atoms with van der Waals surface area (Å²) in [5.74, 6) is 0.560. The molecule has 1 aromatic carbocycles. The third kappa shape index (κ3) is 5.29. The van der Waals surface area contributed by atoms with Crippen LogP contribution in [-0.4, -0.2) is 25.0 Å². The summed E-state index contributed by atoms with van der Waals surface area (Å²) < 4.78 is 23.1. The van der Waals surface area contributed by atoms with E-state index in [1.54, 1.807) is 0 Å². The first-order chi connectivity index (χ1) is 8.61. The monoisotopic (exact) mass is 310 g/mol. The van der Waals surface area contributed by atoms with Crippen molar-refractivity contribution >= 4 is 30.8 Å². The molecule has 0 aliphatic rings. The van der Waals surface area contributed by atoms with Crippen molar-refractivity contribution in [2.45, 2.75) is 13.1 Å². The lowest BCUT2D eigenvalue weighted by Gasteiger charge is -2.18. The number of alkyl halides is 2. The zero-order valence-electron chi connectivity index (χ0n) is 10.3. The molecule has 1 aromatic rings. The Morgan fingerprint density at radius 2 is 1.67 bits per heavy atom. The van der Waals surface area contributed by atoms with E-state index < -0.39 is 7.60 Å². The average molecular weight is 311 g/mol. The van der Waals surface area contributed by atoms with Gasteiger partial charge in [0.15, 0.2) is 0 Å². The molecule has 0 aliphatic carbocycles. The van der Waals surface area contributed by atoms with Crippen LogP contribution in [0.5, 0.6) is 0 Å². The molecule has 1 rings (SSSR count). The molecular weight excluding hydrogens is 294 g/mol. The molecule has 0 heterocycles. The van der Waals surface area contributed by atoms with E-state index in [-0.39, 0.29) is 31.1 Å². The summed E-state index contributed by atoms with van der Waals surface area (Å²) in [6.07, 6.45) is 0.244. The topological polar surface area (TPSA) is 35.5 Å². The summed E-state index contributed by atoms with van der Waals surface area (Å²) in [6, 6.07) is 7.71. The van der Waals surface area contributed by atoms with Gasteiger partial charge in [0.1, 0.15) is 0 Å². The van der Waals surface area contributed by atoms with Crippen LogP contribution >= 0.6 is 30.8 Å². The summed E-state index contributed by atoms with van der Waals surface area (Å²) >= 11 is 11.1. The van der Waals surface area contributed by atoms with Crippen LogP contribution in [0.2, 0.25) is 0 Å². The zero-order chi connectivity index (χ0) is 13.4. The number of aryl methyl sites for hydroxylation is 1. The van der Waals surface area contributed by atoms with Gasteiger partial charge in [0, 0.05) is 11.8 Å². The number of halogens is 2. The second-order valence-corrected chi connectivity index (χ2v) is 6.55. The lowest BCUT2D eigenvalue weighted by molar-refractivity contribution is 0.221. The average Bonchev–Trinajstić information content (AvgIpc) is 2.37. The highest BCUT2D eigenvalue weighted by Gasteiger charge is 2.25. The van der Waals surface area contributed by atoms with Crippen LogP contribution in [0.4, 0.5) is 0 Å². The van der Waals surface area contributed by atoms with Gasteiger partial charge in [-0.25, -0.2) is 0 Å². The smallest absolute Gasteiger partial charge is 0.307 e. The van der Waals surface area contributed by atoms with E-state index in [0.29, 0.717) is 0 Å². The number of benzene rings is 1. The van der Waals surface area contributed by atoms with E-state index in [0.717, 1.165) is 11.1 Å². The second-order valence-electron chi connectivity index (χ2n) is 3.74. The van der Waals surface area contributed by atoms with Crippen LogP contribution < -0.4 is 0 Å². The number of hydrogen-bond donors (Lipinski definition) is 0. The maximum absolute atomic E-state index is 12.5. The first-order valence-corrected chi connectivity index (χ1v) is 8.45. The largest absolute Gasteiger partial charge is 0.335 e. The molecule has 0 radical (unpaired) electrons. The van der Waals surface area contributed by atoms with Crippen molar-refractivity contribution in [3.63, 3.8) is 0 Å². The molecule has 0 N–H and O–H groups in total. The normalized spacial score (nSPS) is 11.7. The highest BCUT2D eigenvalue weighted by molar-refractivity contribution is 7.53. The third-order valence-corrected chi connectivity index (χ3v) is 4.54. The predicted octanol–water partition coefficient (Wildman–Crippen LogP) is 4.20. The Balaban J connectivity index is 2.77. The molecule has 0 saturated carbocycles. The molecule has 0 spiro atoms. The summed E-state index contributed by atoms with van der Waals surface area (Å²) in [6.45, 7) is 2.36. The van der Waals surface area contributed by atoms with Gasteiger partial charge < -0.3 is 9.05 Å². The zero-order valence-corrected chi connectivity index (χ0v) is 12.7. The Bertz CT molecular complexity index is 400. The molecule has 0 aliphatic heterocycles. The number of rotatable bonds is 8. The van der Waals surface area contributed by atoms with Gasteiger partial charge in [0.2, 0.25) is 0 Å². The minimum Gasteiger partial charge on any atom is -0.307 e. The van der Waals surface area contributed by atoms with Gasteiger partial charge in [-0.3, -0.25) is 4.57 Å². The standard InChI is InChI=1S/C12H17Cl2O3P/c1-11-4-2-3-5-12(11)10-18(15,16-8-6-13)17-9-7-14/h2-5H,6-10H2,1H3. The van der Waals surface area contributed by atoms with Crippen LogP contribution in [0.3, 0.4) is 0 Å². The van der Waals surface area contributed by atoms with Gasteiger partial charge >= 0.3 is 7.60 Å². The van der Waals surface area contributed by atoms with E-state index in [9.17, 15) is 4.57 Å². The van der Waals surface area contributed by atoms with Gasteiger partial charge in [-0.05, 0) is 18.1 Å². The third-order valence-electron chi connectivity index (χ3n) is 2.36. The van der Waals surface area contributed by atoms with Crippen molar-refractivity contribution in [2.24, 2.45) is 0 Å². The Hall–Kier alpha value is -0.0500. The van der Waals surface area contributed by atoms with E-state index in [1.807, 2.05) is 31.2 Å². The molecule has 0 saturated heterocycles. The molecule has 0 aromatic heterocycles. The fraction of sp³-hybridized carbons (Fsp3) is 0.500. The Morgan fingerprint density at radius 3 is 2.17 bits per heavy atom. The van der Waals surface area contributed by atoms with E-state index in [2.05, 4.69) is 0 Å². The van der Waals surface area contributed by atoms with Crippen LogP contribution in [0.1, 0.15) is 11.1 Å². The maximum Gasteiger partial charge on any atom is 0.335 e. The lowest BCUT2D eigenvalue weighted by atomic mass is 10.1. The van der Waals surface area contributed by atoms with Gasteiger partial charge in [-0.2, -0.15) is 0 Å². The quantitative estimate of drug-likeness (QED) is 0.533. The van der Waals surface area contributed by atoms with Crippen molar-refractivity contribution in [3.05, 3.63) is 35.4 Å². The van der Waals surface area contributed by atoms with Gasteiger partial charge in [-0.15, -0.1) is 23.2 Å². The molecule has 102 valence electrons. The fourth-order valence-electron chi connectivity index (χ4n) is 1.47. The van der Waals surface area contributed by atoms with Crippen molar-refractivity contribution in [1.29, 1.82) is 0 Å². The van der Waals surface area contributed by atoms with Crippen LogP contribution in [0.25, 0.3) is 0 Å². The van der Waals surface area contributed by atoms with Crippen LogP contribution in [0.15, 0.2) is 24.3 Å². The van der Waals surface area contributed by atoms with E-state index in [1.165, 1.54) is 0 Å². The number of hydrogen-bond acceptors (Lipinski definition) is 3. The molecule has 0 atom stereocenters. The van der Waals surface area contributed by atoms with Crippen LogP contribution in [0, 0.1) is 6.92 Å². The van der Waals surface area contributed by atoms with Crippen molar-refractivity contribution in [1.82, 2.24) is 0 Å². The lowest BCUT2D eigenvalue weighted by Crippen LogP contribution is -2.04. The van der Waals surface area contributed by atoms with Gasteiger partial charge in [-0.1, -0.05) is 24.3 Å². The highest BCUT2D eigenvalue weighted by Crippen LogP contribution is 2.51. The summed E-state index contributed by atoms with van der Waals surface area (Å²) in [5, 5.41) is 0. The maximum atomic E-state index is 12.5. The van der Waals surface area contributed by atoms with Crippen LogP contribution in [-0.2, 0) is 19.8 Å². The second kappa shape index (κ2) is 8.19.